The zero-order valence-corrected chi connectivity index (χ0v) is 12.6. The molecule has 0 spiro atoms. The van der Waals surface area contributed by atoms with Gasteiger partial charge in [0.1, 0.15) is 0 Å². The average molecular weight is 272 g/mol. The summed E-state index contributed by atoms with van der Waals surface area (Å²) in [6.45, 7) is 4.66. The summed E-state index contributed by atoms with van der Waals surface area (Å²) in [4.78, 5) is 13.5. The molecule has 1 aliphatic carbocycles. The van der Waals surface area contributed by atoms with Crippen LogP contribution in [0.3, 0.4) is 0 Å². The molecule has 0 saturated heterocycles. The predicted molar refractivity (Wildman–Crippen MR) is 81.6 cm³/mol. The van der Waals surface area contributed by atoms with E-state index in [-0.39, 0.29) is 11.9 Å². The van der Waals surface area contributed by atoms with E-state index in [1.807, 2.05) is 7.05 Å². The zero-order chi connectivity index (χ0) is 14.5. The molecular weight excluding hydrogens is 248 g/mol. The molecule has 1 aromatic rings. The van der Waals surface area contributed by atoms with Crippen LogP contribution in [0.15, 0.2) is 18.2 Å². The van der Waals surface area contributed by atoms with E-state index in [0.29, 0.717) is 17.8 Å². The summed E-state index contributed by atoms with van der Waals surface area (Å²) in [6, 6.07) is 6.39. The zero-order valence-electron chi connectivity index (χ0n) is 12.6. The van der Waals surface area contributed by atoms with Crippen LogP contribution in [0, 0.1) is 11.3 Å². The van der Waals surface area contributed by atoms with Crippen LogP contribution in [0.25, 0.3) is 0 Å². The molecule has 3 heteroatoms. The first-order valence-electron chi connectivity index (χ1n) is 7.55. The van der Waals surface area contributed by atoms with E-state index < -0.39 is 0 Å². The molecule has 2 unspecified atom stereocenters. The molecule has 3 rings (SSSR count). The maximum atomic E-state index is 11.8. The number of carbonyl (C=O) groups excluding carboxylic acids is 1. The molecule has 20 heavy (non-hydrogen) atoms. The molecule has 1 heterocycles. The third-order valence-corrected chi connectivity index (χ3v) is 5.34. The molecule has 1 aromatic carbocycles. The lowest BCUT2D eigenvalue weighted by molar-refractivity contribution is -0.117. The number of amides is 1. The van der Waals surface area contributed by atoms with Gasteiger partial charge in [-0.05, 0) is 41.4 Å². The Morgan fingerprint density at radius 1 is 1.40 bits per heavy atom. The second-order valence-corrected chi connectivity index (χ2v) is 7.03. The third kappa shape index (κ3) is 2.05. The summed E-state index contributed by atoms with van der Waals surface area (Å²) in [5, 5.41) is 0. The molecular formula is C17H24N2O. The minimum atomic E-state index is 0.0822. The van der Waals surface area contributed by atoms with E-state index in [0.717, 1.165) is 11.3 Å². The molecule has 2 aliphatic rings. The Morgan fingerprint density at radius 3 is 2.80 bits per heavy atom. The van der Waals surface area contributed by atoms with Gasteiger partial charge in [0.15, 0.2) is 0 Å². The Balaban J connectivity index is 1.89. The highest BCUT2D eigenvalue weighted by molar-refractivity contribution is 6.00. The van der Waals surface area contributed by atoms with Crippen molar-refractivity contribution in [3.63, 3.8) is 0 Å². The SMILES string of the molecule is CN1C(=O)Cc2cc(C(N)C3CCCC3(C)C)ccc21. The first-order chi connectivity index (χ1) is 9.40. The lowest BCUT2D eigenvalue weighted by atomic mass is 9.75. The van der Waals surface area contributed by atoms with E-state index in [9.17, 15) is 4.79 Å². The van der Waals surface area contributed by atoms with Gasteiger partial charge in [-0.1, -0.05) is 32.4 Å². The number of hydrogen-bond donors (Lipinski definition) is 1. The standard InChI is InChI=1S/C17H24N2O/c1-17(2)8-4-5-13(17)16(18)11-6-7-14-12(9-11)10-15(20)19(14)3/h6-7,9,13,16H,4-5,8,10,18H2,1-3H3. The van der Waals surface area contributed by atoms with Gasteiger partial charge in [0.2, 0.25) is 5.91 Å². The molecule has 0 aromatic heterocycles. The van der Waals surface area contributed by atoms with Crippen molar-refractivity contribution in [2.24, 2.45) is 17.1 Å². The predicted octanol–water partition coefficient (Wildman–Crippen LogP) is 3.03. The van der Waals surface area contributed by atoms with Crippen molar-refractivity contribution < 1.29 is 4.79 Å². The number of nitrogens with two attached hydrogens (primary N) is 1. The first-order valence-corrected chi connectivity index (χ1v) is 7.55. The van der Waals surface area contributed by atoms with Gasteiger partial charge in [-0.15, -0.1) is 0 Å². The summed E-state index contributed by atoms with van der Waals surface area (Å²) >= 11 is 0. The van der Waals surface area contributed by atoms with Crippen LogP contribution in [0.2, 0.25) is 0 Å². The van der Waals surface area contributed by atoms with Gasteiger partial charge in [-0.3, -0.25) is 4.79 Å². The Labute approximate surface area is 121 Å². The van der Waals surface area contributed by atoms with Crippen LogP contribution in [0.1, 0.15) is 50.3 Å². The van der Waals surface area contributed by atoms with E-state index in [1.54, 1.807) is 4.90 Å². The number of fused-ring (bicyclic) bond motifs is 1. The van der Waals surface area contributed by atoms with Gasteiger partial charge in [0.25, 0.3) is 0 Å². The smallest absolute Gasteiger partial charge is 0.231 e. The Morgan fingerprint density at radius 2 is 2.15 bits per heavy atom. The molecule has 2 atom stereocenters. The lowest BCUT2D eigenvalue weighted by Gasteiger charge is -2.32. The molecule has 1 saturated carbocycles. The molecule has 108 valence electrons. The third-order valence-electron chi connectivity index (χ3n) is 5.34. The molecule has 1 aliphatic heterocycles. The van der Waals surface area contributed by atoms with Gasteiger partial charge >= 0.3 is 0 Å². The number of anilines is 1. The summed E-state index contributed by atoms with van der Waals surface area (Å²) < 4.78 is 0. The van der Waals surface area contributed by atoms with Crippen molar-refractivity contribution in [3.05, 3.63) is 29.3 Å². The normalized spacial score (nSPS) is 25.9. The fraction of sp³-hybridized carbons (Fsp3) is 0.588. The highest BCUT2D eigenvalue weighted by Gasteiger charge is 2.39. The van der Waals surface area contributed by atoms with E-state index in [2.05, 4.69) is 32.0 Å². The number of likely N-dealkylation sites (N-methyl/N-ethyl adjacent to an activating group) is 1. The second-order valence-electron chi connectivity index (χ2n) is 7.03. The van der Waals surface area contributed by atoms with Crippen molar-refractivity contribution >= 4 is 11.6 Å². The maximum Gasteiger partial charge on any atom is 0.231 e. The van der Waals surface area contributed by atoms with Crippen molar-refractivity contribution in [3.8, 4) is 0 Å². The van der Waals surface area contributed by atoms with Crippen molar-refractivity contribution in [2.75, 3.05) is 11.9 Å². The van der Waals surface area contributed by atoms with E-state index in [4.69, 9.17) is 5.73 Å². The van der Waals surface area contributed by atoms with Gasteiger partial charge in [0.05, 0.1) is 6.42 Å². The molecule has 3 nitrogen and oxygen atoms in total. The number of rotatable bonds is 2. The van der Waals surface area contributed by atoms with Gasteiger partial charge in [-0.2, -0.15) is 0 Å². The van der Waals surface area contributed by atoms with Crippen LogP contribution < -0.4 is 10.6 Å². The second kappa shape index (κ2) is 4.59. The van der Waals surface area contributed by atoms with E-state index in [1.165, 1.54) is 24.8 Å². The van der Waals surface area contributed by atoms with Crippen LogP contribution in [-0.2, 0) is 11.2 Å². The topological polar surface area (TPSA) is 46.3 Å². The molecule has 1 amide bonds. The van der Waals surface area contributed by atoms with Crippen molar-refractivity contribution in [1.82, 2.24) is 0 Å². The minimum Gasteiger partial charge on any atom is -0.324 e. The Hall–Kier alpha value is -1.35. The molecule has 0 bridgehead atoms. The summed E-state index contributed by atoms with van der Waals surface area (Å²) in [6.07, 6.45) is 4.26. The average Bonchev–Trinajstić information content (AvgIpc) is 2.89. The summed E-state index contributed by atoms with van der Waals surface area (Å²) in [5.74, 6) is 0.710. The number of hydrogen-bond acceptors (Lipinski definition) is 2. The summed E-state index contributed by atoms with van der Waals surface area (Å²) in [5.41, 5.74) is 10.2. The minimum absolute atomic E-state index is 0.0822. The fourth-order valence-electron chi connectivity index (χ4n) is 3.95. The van der Waals surface area contributed by atoms with Gasteiger partial charge in [0, 0.05) is 18.8 Å². The monoisotopic (exact) mass is 272 g/mol. The van der Waals surface area contributed by atoms with Crippen LogP contribution >= 0.6 is 0 Å². The highest BCUT2D eigenvalue weighted by atomic mass is 16.2. The van der Waals surface area contributed by atoms with Crippen molar-refractivity contribution in [1.29, 1.82) is 0 Å². The van der Waals surface area contributed by atoms with Crippen LogP contribution in [-0.4, -0.2) is 13.0 Å². The fourth-order valence-corrected chi connectivity index (χ4v) is 3.95. The summed E-state index contributed by atoms with van der Waals surface area (Å²) in [7, 11) is 1.84. The van der Waals surface area contributed by atoms with Crippen LogP contribution in [0.5, 0.6) is 0 Å². The maximum absolute atomic E-state index is 11.8. The molecule has 2 N–H and O–H groups in total. The Kier molecular flexibility index (Phi) is 3.13. The van der Waals surface area contributed by atoms with Gasteiger partial charge < -0.3 is 10.6 Å². The highest BCUT2D eigenvalue weighted by Crippen LogP contribution is 2.48. The van der Waals surface area contributed by atoms with E-state index >= 15 is 0 Å². The molecule has 0 radical (unpaired) electrons. The number of benzene rings is 1. The number of carbonyl (C=O) groups is 1. The van der Waals surface area contributed by atoms with Crippen LogP contribution in [0.4, 0.5) is 5.69 Å². The van der Waals surface area contributed by atoms with Gasteiger partial charge in [-0.25, -0.2) is 0 Å². The van der Waals surface area contributed by atoms with Crippen molar-refractivity contribution in [2.45, 2.75) is 45.6 Å². The quantitative estimate of drug-likeness (QED) is 0.899. The first kappa shape index (κ1) is 13.6. The Bertz CT molecular complexity index is 550. The largest absolute Gasteiger partial charge is 0.324 e. The number of nitrogens with zero attached hydrogens (tertiary/aromatic N) is 1. The lowest BCUT2D eigenvalue weighted by Crippen LogP contribution is -2.29. The molecule has 1 fully saturated rings.